The molecular weight excluding hydrogens is 166 g/mol. The predicted octanol–water partition coefficient (Wildman–Crippen LogP) is 1.53. The Morgan fingerprint density at radius 3 is 2.31 bits per heavy atom. The number of rotatable bonds is 0. The summed E-state index contributed by atoms with van der Waals surface area (Å²) in [6.07, 6.45) is 2.03. The summed E-state index contributed by atoms with van der Waals surface area (Å²) in [5.41, 5.74) is 0. The first-order chi connectivity index (χ1) is 6.33. The average molecular weight is 187 g/mol. The van der Waals surface area contributed by atoms with Crippen molar-refractivity contribution in [3.63, 3.8) is 0 Å². The minimum absolute atomic E-state index is 0.280. The quantitative estimate of drug-likeness (QED) is 0.624. The van der Waals surface area contributed by atoms with Crippen LogP contribution in [0.1, 0.15) is 33.6 Å². The lowest BCUT2D eigenvalue weighted by Crippen LogP contribution is -2.48. The molecule has 0 amide bonds. The monoisotopic (exact) mass is 187 g/mol. The van der Waals surface area contributed by atoms with Crippen LogP contribution in [-0.4, -0.2) is 31.6 Å². The largest absolute Gasteiger partial charge is 0.348 e. The fourth-order valence-electron chi connectivity index (χ4n) is 1.82. The highest BCUT2D eigenvalue weighted by molar-refractivity contribution is 4.90. The number of hydrogen-bond donors (Lipinski definition) is 1. The van der Waals surface area contributed by atoms with Crippen LogP contribution in [0.4, 0.5) is 0 Å². The van der Waals surface area contributed by atoms with Crippen molar-refractivity contribution in [2.24, 2.45) is 0 Å². The number of nitrogens with one attached hydrogen (secondary N) is 1. The molecule has 3 heteroatoms. The molecule has 1 N–H and O–H groups in total. The van der Waals surface area contributed by atoms with Gasteiger partial charge in [0.05, 0.1) is 19.3 Å². The number of hydrogen-bond acceptors (Lipinski definition) is 3. The summed E-state index contributed by atoms with van der Waals surface area (Å²) in [6, 6.07) is 0.350. The first kappa shape index (κ1) is 11.0. The fraction of sp³-hybridized carbons (Fsp3) is 1.00. The van der Waals surface area contributed by atoms with Crippen LogP contribution in [0.2, 0.25) is 0 Å². The van der Waals surface area contributed by atoms with Crippen molar-refractivity contribution in [1.82, 2.24) is 5.32 Å². The van der Waals surface area contributed by atoms with Crippen LogP contribution >= 0.6 is 0 Å². The molecule has 13 heavy (non-hydrogen) atoms. The zero-order valence-electron chi connectivity index (χ0n) is 8.93. The van der Waals surface area contributed by atoms with Gasteiger partial charge in [-0.1, -0.05) is 13.8 Å². The van der Waals surface area contributed by atoms with Crippen LogP contribution in [0, 0.1) is 0 Å². The molecule has 0 radical (unpaired) electrons. The zero-order chi connectivity index (χ0) is 9.73. The summed E-state index contributed by atoms with van der Waals surface area (Å²) in [5, 5.41) is 3.33. The van der Waals surface area contributed by atoms with Crippen molar-refractivity contribution in [3.05, 3.63) is 0 Å². The molecule has 3 nitrogen and oxygen atoms in total. The van der Waals surface area contributed by atoms with Gasteiger partial charge in [0.1, 0.15) is 0 Å². The predicted molar refractivity (Wildman–Crippen MR) is 52.7 cm³/mol. The standard InChI is InChI=1S/C8H15NO2.C2H6/c1-7-8(3-4-9-7)10-5-2-6-11-8;1-2/h7,9H,2-6H2,1H3;1-2H3. The Morgan fingerprint density at radius 2 is 1.85 bits per heavy atom. The van der Waals surface area contributed by atoms with E-state index in [-0.39, 0.29) is 5.79 Å². The van der Waals surface area contributed by atoms with Crippen molar-refractivity contribution in [1.29, 1.82) is 0 Å². The van der Waals surface area contributed by atoms with Crippen LogP contribution in [0.15, 0.2) is 0 Å². The summed E-state index contributed by atoms with van der Waals surface area (Å²) in [7, 11) is 0. The van der Waals surface area contributed by atoms with Crippen molar-refractivity contribution in [2.45, 2.75) is 45.4 Å². The molecule has 0 bridgehead atoms. The molecule has 0 aromatic carbocycles. The van der Waals surface area contributed by atoms with Gasteiger partial charge in [-0.3, -0.25) is 0 Å². The summed E-state index contributed by atoms with van der Waals surface area (Å²) >= 11 is 0. The highest BCUT2D eigenvalue weighted by Crippen LogP contribution is 2.29. The zero-order valence-corrected chi connectivity index (χ0v) is 8.93. The second-order valence-corrected chi connectivity index (χ2v) is 3.29. The Morgan fingerprint density at radius 1 is 1.23 bits per heavy atom. The summed E-state index contributed by atoms with van der Waals surface area (Å²) in [6.45, 7) is 8.84. The third-order valence-electron chi connectivity index (χ3n) is 2.57. The second-order valence-electron chi connectivity index (χ2n) is 3.29. The third-order valence-corrected chi connectivity index (χ3v) is 2.57. The molecule has 2 aliphatic rings. The molecule has 2 aliphatic heterocycles. The first-order valence-electron chi connectivity index (χ1n) is 5.35. The van der Waals surface area contributed by atoms with Crippen LogP contribution < -0.4 is 5.32 Å². The van der Waals surface area contributed by atoms with Gasteiger partial charge in [0, 0.05) is 13.0 Å². The lowest BCUT2D eigenvalue weighted by atomic mass is 10.1. The Labute approximate surface area is 80.8 Å². The summed E-state index contributed by atoms with van der Waals surface area (Å²) in [5.74, 6) is -0.280. The van der Waals surface area contributed by atoms with Crippen molar-refractivity contribution < 1.29 is 9.47 Å². The van der Waals surface area contributed by atoms with E-state index in [0.717, 1.165) is 32.6 Å². The van der Waals surface area contributed by atoms with Crippen LogP contribution in [0.3, 0.4) is 0 Å². The summed E-state index contributed by atoms with van der Waals surface area (Å²) < 4.78 is 11.3. The van der Waals surface area contributed by atoms with E-state index in [9.17, 15) is 0 Å². The molecule has 0 aromatic rings. The highest BCUT2D eigenvalue weighted by Gasteiger charge is 2.43. The number of ether oxygens (including phenoxy) is 2. The fourth-order valence-corrected chi connectivity index (χ4v) is 1.82. The van der Waals surface area contributed by atoms with Gasteiger partial charge in [-0.05, 0) is 13.3 Å². The molecule has 2 rings (SSSR count). The molecule has 2 fully saturated rings. The highest BCUT2D eigenvalue weighted by atomic mass is 16.7. The van der Waals surface area contributed by atoms with E-state index in [0.29, 0.717) is 6.04 Å². The van der Waals surface area contributed by atoms with Gasteiger partial charge in [0.2, 0.25) is 0 Å². The minimum Gasteiger partial charge on any atom is -0.348 e. The van der Waals surface area contributed by atoms with Gasteiger partial charge in [0.15, 0.2) is 5.79 Å². The minimum atomic E-state index is -0.280. The van der Waals surface area contributed by atoms with E-state index in [1.165, 1.54) is 0 Å². The van der Waals surface area contributed by atoms with Crippen molar-refractivity contribution >= 4 is 0 Å². The Kier molecular flexibility index (Phi) is 4.16. The molecule has 0 aromatic heterocycles. The van der Waals surface area contributed by atoms with E-state index < -0.39 is 0 Å². The van der Waals surface area contributed by atoms with Gasteiger partial charge >= 0.3 is 0 Å². The normalized spacial score (nSPS) is 31.2. The van der Waals surface area contributed by atoms with Gasteiger partial charge in [-0.15, -0.1) is 0 Å². The molecule has 0 aliphatic carbocycles. The maximum absolute atomic E-state index is 5.65. The van der Waals surface area contributed by atoms with E-state index in [4.69, 9.17) is 9.47 Å². The van der Waals surface area contributed by atoms with E-state index >= 15 is 0 Å². The van der Waals surface area contributed by atoms with Gasteiger partial charge in [0.25, 0.3) is 0 Å². The SMILES string of the molecule is CC.CC1NCCC12OCCCO2. The van der Waals surface area contributed by atoms with Crippen molar-refractivity contribution in [2.75, 3.05) is 19.8 Å². The molecule has 2 saturated heterocycles. The molecule has 2 heterocycles. The first-order valence-corrected chi connectivity index (χ1v) is 5.35. The lowest BCUT2D eigenvalue weighted by Gasteiger charge is -2.36. The molecule has 0 saturated carbocycles. The molecule has 1 spiro atoms. The Bertz CT molecular complexity index is 144. The third kappa shape index (κ3) is 2.22. The topological polar surface area (TPSA) is 30.5 Å². The van der Waals surface area contributed by atoms with E-state index in [1.54, 1.807) is 0 Å². The van der Waals surface area contributed by atoms with Crippen LogP contribution in [0.25, 0.3) is 0 Å². The van der Waals surface area contributed by atoms with Crippen LogP contribution in [0.5, 0.6) is 0 Å². The Balaban J connectivity index is 0.000000396. The van der Waals surface area contributed by atoms with E-state index in [1.807, 2.05) is 13.8 Å². The average Bonchev–Trinajstić information content (AvgIpc) is 2.53. The van der Waals surface area contributed by atoms with Gasteiger partial charge in [-0.2, -0.15) is 0 Å². The lowest BCUT2D eigenvalue weighted by molar-refractivity contribution is -0.267. The van der Waals surface area contributed by atoms with Crippen molar-refractivity contribution in [3.8, 4) is 0 Å². The van der Waals surface area contributed by atoms with Crippen LogP contribution in [-0.2, 0) is 9.47 Å². The maximum Gasteiger partial charge on any atom is 0.184 e. The second kappa shape index (κ2) is 4.94. The Hall–Kier alpha value is -0.120. The smallest absolute Gasteiger partial charge is 0.184 e. The molecule has 1 unspecified atom stereocenters. The molecular formula is C10H21NO2. The van der Waals surface area contributed by atoms with Gasteiger partial charge < -0.3 is 14.8 Å². The summed E-state index contributed by atoms with van der Waals surface area (Å²) in [4.78, 5) is 0. The van der Waals surface area contributed by atoms with Gasteiger partial charge in [-0.25, -0.2) is 0 Å². The maximum atomic E-state index is 5.65. The molecule has 78 valence electrons. The molecule has 1 atom stereocenters. The van der Waals surface area contributed by atoms with E-state index in [2.05, 4.69) is 12.2 Å².